The smallest absolute Gasteiger partial charge is 0.319 e. The van der Waals surface area contributed by atoms with E-state index < -0.39 is 5.91 Å². The Morgan fingerprint density at radius 3 is 1.65 bits per heavy atom. The molecule has 17 heavy (non-hydrogen) atoms. The summed E-state index contributed by atoms with van der Waals surface area (Å²) in [6.45, 7) is 8.54. The van der Waals surface area contributed by atoms with Crippen LogP contribution in [0.5, 0.6) is 0 Å². The third kappa shape index (κ3) is 1.40. The zero-order valence-electron chi connectivity index (χ0n) is 11.3. The van der Waals surface area contributed by atoms with Gasteiger partial charge in [0, 0.05) is 10.8 Å². The fourth-order valence-electron chi connectivity index (χ4n) is 6.18. The van der Waals surface area contributed by atoms with E-state index in [4.69, 9.17) is 0 Å². The second kappa shape index (κ2) is 3.01. The van der Waals surface area contributed by atoms with Gasteiger partial charge in [-0.25, -0.2) is 0 Å². The molecule has 100 valence electrons. The van der Waals surface area contributed by atoms with E-state index in [1.54, 1.807) is 0 Å². The number of hydrogen-bond acceptors (Lipinski definition) is 2. The Kier molecular flexibility index (Phi) is 2.41. The van der Waals surface area contributed by atoms with Gasteiger partial charge >= 0.3 is 5.91 Å². The molecule has 3 aliphatic heterocycles. The minimum atomic E-state index is -1.54. The van der Waals surface area contributed by atoms with Gasteiger partial charge in [0.2, 0.25) is 0 Å². The van der Waals surface area contributed by atoms with Crippen LogP contribution < -0.4 is 12.4 Å². The molecule has 3 saturated heterocycles. The molecule has 4 heteroatoms. The molecule has 0 radical (unpaired) electrons. The first kappa shape index (κ1) is 13.6. The van der Waals surface area contributed by atoms with Crippen molar-refractivity contribution in [2.45, 2.75) is 45.9 Å². The van der Waals surface area contributed by atoms with Crippen LogP contribution >= 0.6 is 0 Å². The normalized spacial score (nSPS) is 58.9. The average Bonchev–Trinajstić information content (AvgIpc) is 1.93. The second-order valence-corrected chi connectivity index (χ2v) is 8.06. The summed E-state index contributed by atoms with van der Waals surface area (Å²) in [5, 5.41) is 21.1. The van der Waals surface area contributed by atoms with Crippen molar-refractivity contribution < 1.29 is 27.1 Å². The Morgan fingerprint density at radius 1 is 0.882 bits per heavy atom. The number of rotatable bonds is 0. The summed E-state index contributed by atoms with van der Waals surface area (Å²) < 4.78 is 0.427. The molecular weight excluding hydrogens is 238 g/mol. The zero-order valence-corrected chi connectivity index (χ0v) is 12.0. The standard InChI is InChI=1S/C13H24NO2.ClH/c1-10-5-11(2)7-12(3,6-10)13(15,16)14(4,8-10)9-11;/h15-16H,5-9H2,1-4H3;1H/q+1;/p-1/t10-,11+,12?,14?;. The fraction of sp³-hybridized carbons (Fsp3) is 1.00. The minimum absolute atomic E-state index is 0. The SMILES string of the molecule is CC12C[C@@]3(C)C[C@@](C)(C1)C[N+](C)(C3)C2(O)O.[Cl-]. The van der Waals surface area contributed by atoms with E-state index in [9.17, 15) is 10.2 Å². The van der Waals surface area contributed by atoms with Crippen molar-refractivity contribution in [2.75, 3.05) is 20.1 Å². The van der Waals surface area contributed by atoms with Crippen LogP contribution in [0, 0.1) is 16.2 Å². The van der Waals surface area contributed by atoms with Crippen LogP contribution in [0.15, 0.2) is 0 Å². The van der Waals surface area contributed by atoms with E-state index in [-0.39, 0.29) is 17.8 Å². The minimum Gasteiger partial charge on any atom is -1.00 e. The molecule has 0 aromatic rings. The van der Waals surface area contributed by atoms with E-state index in [1.807, 2.05) is 7.05 Å². The molecule has 0 spiro atoms. The molecule has 0 aromatic heterocycles. The molecule has 4 aliphatic rings. The summed E-state index contributed by atoms with van der Waals surface area (Å²) in [5.41, 5.74) is 0.257. The van der Waals surface area contributed by atoms with Crippen molar-refractivity contribution in [3.8, 4) is 0 Å². The number of aliphatic hydroxyl groups is 2. The van der Waals surface area contributed by atoms with E-state index >= 15 is 0 Å². The highest BCUT2D eigenvalue weighted by molar-refractivity contribution is 5.08. The van der Waals surface area contributed by atoms with Crippen molar-refractivity contribution in [3.05, 3.63) is 0 Å². The van der Waals surface area contributed by atoms with Crippen LogP contribution in [0.3, 0.4) is 0 Å². The molecule has 1 saturated carbocycles. The summed E-state index contributed by atoms with van der Waals surface area (Å²) in [5.74, 6) is -1.54. The predicted octanol–water partition coefficient (Wildman–Crippen LogP) is -1.69. The summed E-state index contributed by atoms with van der Waals surface area (Å²) in [4.78, 5) is 0. The quantitative estimate of drug-likeness (QED) is 0.403. The lowest BCUT2D eigenvalue weighted by Crippen LogP contribution is -3.00. The summed E-state index contributed by atoms with van der Waals surface area (Å²) in [6.07, 6.45) is 3.16. The molecule has 3 heterocycles. The molecule has 4 bridgehead atoms. The molecule has 2 unspecified atom stereocenters. The van der Waals surface area contributed by atoms with E-state index in [0.29, 0.717) is 15.3 Å². The monoisotopic (exact) mass is 261 g/mol. The molecule has 3 nitrogen and oxygen atoms in total. The highest BCUT2D eigenvalue weighted by atomic mass is 35.5. The van der Waals surface area contributed by atoms with Gasteiger partial charge in [-0.2, -0.15) is 0 Å². The maximum Gasteiger partial charge on any atom is 0.319 e. The zero-order chi connectivity index (χ0) is 12.0. The lowest BCUT2D eigenvalue weighted by molar-refractivity contribution is -1.05. The average molecular weight is 262 g/mol. The van der Waals surface area contributed by atoms with Crippen molar-refractivity contribution in [1.29, 1.82) is 0 Å². The molecule has 4 fully saturated rings. The number of halogens is 1. The van der Waals surface area contributed by atoms with E-state index in [0.717, 1.165) is 25.9 Å². The third-order valence-electron chi connectivity index (χ3n) is 5.51. The van der Waals surface area contributed by atoms with Gasteiger partial charge in [0.15, 0.2) is 0 Å². The molecule has 4 atom stereocenters. The Hall–Kier alpha value is 0.170. The fourth-order valence-corrected chi connectivity index (χ4v) is 6.18. The molecule has 1 aliphatic carbocycles. The molecule has 4 rings (SSSR count). The van der Waals surface area contributed by atoms with Crippen LogP contribution in [0.25, 0.3) is 0 Å². The van der Waals surface area contributed by atoms with E-state index in [2.05, 4.69) is 20.8 Å². The van der Waals surface area contributed by atoms with Crippen LogP contribution in [-0.4, -0.2) is 40.7 Å². The Balaban J connectivity index is 0.00000108. The largest absolute Gasteiger partial charge is 1.00 e. The van der Waals surface area contributed by atoms with Gasteiger partial charge < -0.3 is 22.6 Å². The number of piperidine rings is 3. The van der Waals surface area contributed by atoms with Gasteiger partial charge in [0.05, 0.1) is 25.6 Å². The van der Waals surface area contributed by atoms with Crippen LogP contribution in [0.2, 0.25) is 0 Å². The lowest BCUT2D eigenvalue weighted by Gasteiger charge is -2.71. The van der Waals surface area contributed by atoms with Gasteiger partial charge in [-0.15, -0.1) is 0 Å². The number of nitrogens with zero attached hydrogens (tertiary/aromatic N) is 1. The Bertz CT molecular complexity index is 322. The predicted molar refractivity (Wildman–Crippen MR) is 61.3 cm³/mol. The molecule has 0 amide bonds. The maximum atomic E-state index is 10.6. The van der Waals surface area contributed by atoms with Gasteiger partial charge in [0.25, 0.3) is 0 Å². The summed E-state index contributed by atoms with van der Waals surface area (Å²) in [6, 6.07) is 0. The van der Waals surface area contributed by atoms with Crippen molar-refractivity contribution in [1.82, 2.24) is 0 Å². The van der Waals surface area contributed by atoms with Gasteiger partial charge in [-0.3, -0.25) is 4.48 Å². The van der Waals surface area contributed by atoms with Crippen molar-refractivity contribution in [3.63, 3.8) is 0 Å². The van der Waals surface area contributed by atoms with Gasteiger partial charge in [-0.05, 0) is 26.2 Å². The topological polar surface area (TPSA) is 40.5 Å². The number of quaternary nitrogens is 1. The second-order valence-electron chi connectivity index (χ2n) is 8.06. The van der Waals surface area contributed by atoms with Gasteiger partial charge in [0.1, 0.15) is 0 Å². The Labute approximate surface area is 110 Å². The molecule has 2 N–H and O–H groups in total. The van der Waals surface area contributed by atoms with Crippen LogP contribution in [0.4, 0.5) is 0 Å². The maximum absolute atomic E-state index is 10.6. The first-order chi connectivity index (χ1) is 7.04. The highest BCUT2D eigenvalue weighted by Crippen LogP contribution is 2.68. The van der Waals surface area contributed by atoms with Crippen LogP contribution in [-0.2, 0) is 0 Å². The summed E-state index contributed by atoms with van der Waals surface area (Å²) in [7, 11) is 2.02. The Morgan fingerprint density at radius 2 is 1.29 bits per heavy atom. The van der Waals surface area contributed by atoms with Gasteiger partial charge in [-0.1, -0.05) is 13.8 Å². The third-order valence-corrected chi connectivity index (χ3v) is 5.51. The van der Waals surface area contributed by atoms with Crippen LogP contribution in [0.1, 0.15) is 40.0 Å². The first-order valence-corrected chi connectivity index (χ1v) is 6.33. The molecular formula is C13H24ClNO2. The molecule has 0 aromatic carbocycles. The van der Waals surface area contributed by atoms with E-state index in [1.165, 1.54) is 6.42 Å². The van der Waals surface area contributed by atoms with Crippen molar-refractivity contribution >= 4 is 0 Å². The highest BCUT2D eigenvalue weighted by Gasteiger charge is 2.75. The first-order valence-electron chi connectivity index (χ1n) is 6.33. The number of hydrogen-bond donors (Lipinski definition) is 2. The van der Waals surface area contributed by atoms with Crippen molar-refractivity contribution in [2.24, 2.45) is 16.2 Å². The lowest BCUT2D eigenvalue weighted by atomic mass is 9.47. The summed E-state index contributed by atoms with van der Waals surface area (Å²) >= 11 is 0.